The molecule has 98 valence electrons. The summed E-state index contributed by atoms with van der Waals surface area (Å²) in [5.41, 5.74) is 1.25. The molecule has 2 atom stereocenters. The highest BCUT2D eigenvalue weighted by Crippen LogP contribution is 2.36. The second kappa shape index (κ2) is 4.43. The van der Waals surface area contributed by atoms with Gasteiger partial charge in [0.05, 0.1) is 7.11 Å². The van der Waals surface area contributed by atoms with Gasteiger partial charge in [0.1, 0.15) is 0 Å². The van der Waals surface area contributed by atoms with E-state index in [0.29, 0.717) is 24.0 Å². The normalized spacial score (nSPS) is 27.2. The van der Waals surface area contributed by atoms with Gasteiger partial charge in [0.2, 0.25) is 5.88 Å². The van der Waals surface area contributed by atoms with Crippen molar-refractivity contribution in [2.24, 2.45) is 0 Å². The molecule has 18 heavy (non-hydrogen) atoms. The monoisotopic (exact) mass is 247 g/mol. The topological polar surface area (TPSA) is 28.6 Å². The molecule has 0 radical (unpaired) electrons. The standard InChI is InChI=1S/C14H21N3O/c1-10(2)16-8-13-6-12(16)9-17(13)11-4-5-15-14(7-11)18-3/h4-5,7,10,12-13H,6,8-9H2,1-3H3. The summed E-state index contributed by atoms with van der Waals surface area (Å²) in [5.74, 6) is 0.705. The van der Waals surface area contributed by atoms with Crippen molar-refractivity contribution in [3.8, 4) is 5.88 Å². The van der Waals surface area contributed by atoms with Crippen LogP contribution in [-0.4, -0.2) is 48.2 Å². The molecule has 2 aliphatic heterocycles. The average Bonchev–Trinajstić information content (AvgIpc) is 2.98. The van der Waals surface area contributed by atoms with Gasteiger partial charge < -0.3 is 9.64 Å². The molecule has 0 aliphatic carbocycles. The highest BCUT2D eigenvalue weighted by molar-refractivity contribution is 5.51. The fourth-order valence-corrected chi connectivity index (χ4v) is 3.34. The summed E-state index contributed by atoms with van der Waals surface area (Å²) < 4.78 is 5.21. The molecule has 0 aromatic carbocycles. The molecular weight excluding hydrogens is 226 g/mol. The molecule has 4 nitrogen and oxygen atoms in total. The predicted molar refractivity (Wildman–Crippen MR) is 72.2 cm³/mol. The Labute approximate surface area is 109 Å². The van der Waals surface area contributed by atoms with E-state index in [9.17, 15) is 0 Å². The highest BCUT2D eigenvalue weighted by atomic mass is 16.5. The minimum atomic E-state index is 0.657. The van der Waals surface area contributed by atoms with Crippen LogP contribution in [-0.2, 0) is 0 Å². The first-order valence-corrected chi connectivity index (χ1v) is 6.71. The number of nitrogens with zero attached hydrogens (tertiary/aromatic N) is 3. The zero-order valence-electron chi connectivity index (χ0n) is 11.3. The van der Waals surface area contributed by atoms with Crippen molar-refractivity contribution < 1.29 is 4.74 Å². The minimum absolute atomic E-state index is 0.657. The number of rotatable bonds is 3. The van der Waals surface area contributed by atoms with E-state index in [1.165, 1.54) is 18.7 Å². The maximum Gasteiger partial charge on any atom is 0.214 e. The molecule has 1 aromatic rings. The number of methoxy groups -OCH3 is 1. The lowest BCUT2D eigenvalue weighted by atomic mass is 10.2. The van der Waals surface area contributed by atoms with Crippen molar-refractivity contribution in [2.45, 2.75) is 38.4 Å². The van der Waals surface area contributed by atoms with E-state index in [2.05, 4.69) is 34.7 Å². The molecular formula is C14H21N3O. The summed E-state index contributed by atoms with van der Waals surface area (Å²) in [7, 11) is 1.67. The Kier molecular flexibility index (Phi) is 2.90. The molecule has 2 aliphatic rings. The third-order valence-electron chi connectivity index (χ3n) is 4.21. The van der Waals surface area contributed by atoms with Crippen LogP contribution >= 0.6 is 0 Å². The van der Waals surface area contributed by atoms with Gasteiger partial charge in [0.15, 0.2) is 0 Å². The number of fused-ring (bicyclic) bond motifs is 2. The number of ether oxygens (including phenoxy) is 1. The molecule has 2 saturated heterocycles. The quantitative estimate of drug-likeness (QED) is 0.814. The van der Waals surface area contributed by atoms with Gasteiger partial charge in [-0.05, 0) is 26.3 Å². The Bertz CT molecular complexity index is 435. The van der Waals surface area contributed by atoms with Gasteiger partial charge in [0.25, 0.3) is 0 Å². The average molecular weight is 247 g/mol. The Hall–Kier alpha value is -1.29. The van der Waals surface area contributed by atoms with E-state index >= 15 is 0 Å². The first-order chi connectivity index (χ1) is 8.69. The van der Waals surface area contributed by atoms with Crippen molar-refractivity contribution in [3.63, 3.8) is 0 Å². The van der Waals surface area contributed by atoms with Gasteiger partial charge in [0, 0.05) is 49.2 Å². The fourth-order valence-electron chi connectivity index (χ4n) is 3.34. The van der Waals surface area contributed by atoms with E-state index in [1.54, 1.807) is 7.11 Å². The third kappa shape index (κ3) is 1.85. The fraction of sp³-hybridized carbons (Fsp3) is 0.643. The van der Waals surface area contributed by atoms with Crippen molar-refractivity contribution >= 4 is 5.69 Å². The van der Waals surface area contributed by atoms with E-state index < -0.39 is 0 Å². The molecule has 1 aromatic heterocycles. The van der Waals surface area contributed by atoms with Crippen LogP contribution in [0.4, 0.5) is 5.69 Å². The Morgan fingerprint density at radius 3 is 2.78 bits per heavy atom. The molecule has 3 heterocycles. The van der Waals surface area contributed by atoms with Crippen molar-refractivity contribution in [1.29, 1.82) is 0 Å². The van der Waals surface area contributed by atoms with Gasteiger partial charge in [-0.15, -0.1) is 0 Å². The van der Waals surface area contributed by atoms with Gasteiger partial charge in [-0.1, -0.05) is 0 Å². The molecule has 2 unspecified atom stereocenters. The summed E-state index contributed by atoms with van der Waals surface area (Å²) in [6.45, 7) is 6.91. The molecule has 2 fully saturated rings. The molecule has 0 N–H and O–H groups in total. The van der Waals surface area contributed by atoms with Crippen LogP contribution in [0.5, 0.6) is 5.88 Å². The van der Waals surface area contributed by atoms with Gasteiger partial charge in [-0.3, -0.25) is 4.90 Å². The summed E-state index contributed by atoms with van der Waals surface area (Å²) in [5, 5.41) is 0. The molecule has 3 rings (SSSR count). The maximum atomic E-state index is 5.21. The van der Waals surface area contributed by atoms with E-state index in [0.717, 1.165) is 6.54 Å². The number of anilines is 1. The van der Waals surface area contributed by atoms with Crippen LogP contribution in [0.2, 0.25) is 0 Å². The number of piperazine rings is 1. The molecule has 4 heteroatoms. The summed E-state index contributed by atoms with van der Waals surface area (Å²) in [6, 6.07) is 6.16. The second-order valence-electron chi connectivity index (χ2n) is 5.54. The highest BCUT2D eigenvalue weighted by Gasteiger charge is 2.43. The van der Waals surface area contributed by atoms with Gasteiger partial charge >= 0.3 is 0 Å². The third-order valence-corrected chi connectivity index (χ3v) is 4.21. The van der Waals surface area contributed by atoms with Crippen molar-refractivity contribution in [3.05, 3.63) is 18.3 Å². The van der Waals surface area contributed by atoms with E-state index in [4.69, 9.17) is 4.74 Å². The second-order valence-corrected chi connectivity index (χ2v) is 5.54. The predicted octanol–water partition coefficient (Wildman–Crippen LogP) is 1.76. The smallest absolute Gasteiger partial charge is 0.214 e. The first-order valence-electron chi connectivity index (χ1n) is 6.71. The minimum Gasteiger partial charge on any atom is -0.481 e. The van der Waals surface area contributed by atoms with E-state index in [1.807, 2.05) is 12.3 Å². The SMILES string of the molecule is COc1cc(N2CC3CC2CN3C(C)C)ccn1. The Morgan fingerprint density at radius 1 is 1.33 bits per heavy atom. The van der Waals surface area contributed by atoms with Crippen molar-refractivity contribution in [2.75, 3.05) is 25.1 Å². The van der Waals surface area contributed by atoms with Crippen LogP contribution in [0.3, 0.4) is 0 Å². The number of aromatic nitrogens is 1. The molecule has 0 amide bonds. The first kappa shape index (κ1) is 11.8. The van der Waals surface area contributed by atoms with Crippen molar-refractivity contribution in [1.82, 2.24) is 9.88 Å². The number of likely N-dealkylation sites (tertiary alicyclic amines) is 1. The zero-order chi connectivity index (χ0) is 12.7. The molecule has 0 spiro atoms. The summed E-state index contributed by atoms with van der Waals surface area (Å²) >= 11 is 0. The largest absolute Gasteiger partial charge is 0.481 e. The zero-order valence-corrected chi connectivity index (χ0v) is 11.3. The number of hydrogen-bond donors (Lipinski definition) is 0. The van der Waals surface area contributed by atoms with Gasteiger partial charge in [-0.2, -0.15) is 0 Å². The molecule has 2 bridgehead atoms. The Balaban J connectivity index is 1.77. The van der Waals surface area contributed by atoms with Crippen LogP contribution in [0.25, 0.3) is 0 Å². The van der Waals surface area contributed by atoms with E-state index in [-0.39, 0.29) is 0 Å². The number of hydrogen-bond acceptors (Lipinski definition) is 4. The van der Waals surface area contributed by atoms with Crippen LogP contribution in [0.15, 0.2) is 18.3 Å². The lowest BCUT2D eigenvalue weighted by Crippen LogP contribution is -2.48. The van der Waals surface area contributed by atoms with Gasteiger partial charge in [-0.25, -0.2) is 4.98 Å². The van der Waals surface area contributed by atoms with Crippen LogP contribution in [0.1, 0.15) is 20.3 Å². The van der Waals surface area contributed by atoms with Crippen LogP contribution < -0.4 is 9.64 Å². The number of pyridine rings is 1. The maximum absolute atomic E-state index is 5.21. The Morgan fingerprint density at radius 2 is 2.17 bits per heavy atom. The molecule has 0 saturated carbocycles. The summed E-state index contributed by atoms with van der Waals surface area (Å²) in [6.07, 6.45) is 3.13. The summed E-state index contributed by atoms with van der Waals surface area (Å²) in [4.78, 5) is 9.31. The lowest BCUT2D eigenvalue weighted by Gasteiger charge is -2.37. The van der Waals surface area contributed by atoms with Crippen LogP contribution in [0, 0.1) is 0 Å². The lowest BCUT2D eigenvalue weighted by molar-refractivity contribution is 0.191.